The second kappa shape index (κ2) is 8.70. The number of hydrogen-bond donors (Lipinski definition) is 2. The molecule has 1 aromatic rings. The average molecular weight is 263 g/mol. The average Bonchev–Trinajstić information content (AvgIpc) is 2.39. The van der Waals surface area contributed by atoms with E-state index in [1.54, 1.807) is 0 Å². The molecule has 19 heavy (non-hydrogen) atoms. The summed E-state index contributed by atoms with van der Waals surface area (Å²) in [5.41, 5.74) is 1.16. The van der Waals surface area contributed by atoms with Crippen LogP contribution in [0.25, 0.3) is 0 Å². The van der Waals surface area contributed by atoms with Crippen molar-refractivity contribution in [3.63, 3.8) is 0 Å². The molecular weight excluding hydrogens is 238 g/mol. The smallest absolute Gasteiger partial charge is 0.220 e. The SMILES string of the molecule is CC(C)CC(NC(=O)CCCCO)c1ccccc1. The summed E-state index contributed by atoms with van der Waals surface area (Å²) in [6.45, 7) is 4.48. The third kappa shape index (κ3) is 6.39. The molecule has 0 aromatic heterocycles. The number of amides is 1. The van der Waals surface area contributed by atoms with Gasteiger partial charge in [0.1, 0.15) is 0 Å². The Balaban J connectivity index is 2.57. The van der Waals surface area contributed by atoms with Gasteiger partial charge >= 0.3 is 0 Å². The number of rotatable bonds is 8. The van der Waals surface area contributed by atoms with Crippen molar-refractivity contribution in [2.75, 3.05) is 6.61 Å². The second-order valence-electron chi connectivity index (χ2n) is 5.34. The predicted octanol–water partition coefficient (Wildman–Crippen LogP) is 3.05. The largest absolute Gasteiger partial charge is 0.396 e. The summed E-state index contributed by atoms with van der Waals surface area (Å²) in [6, 6.07) is 10.2. The lowest BCUT2D eigenvalue weighted by Gasteiger charge is -2.21. The normalized spacial score (nSPS) is 12.4. The number of benzene rings is 1. The van der Waals surface area contributed by atoms with Crippen LogP contribution in [0, 0.1) is 5.92 Å². The van der Waals surface area contributed by atoms with E-state index in [1.165, 1.54) is 0 Å². The molecule has 0 saturated heterocycles. The Morgan fingerprint density at radius 2 is 1.89 bits per heavy atom. The highest BCUT2D eigenvalue weighted by molar-refractivity contribution is 5.76. The zero-order valence-electron chi connectivity index (χ0n) is 11.9. The highest BCUT2D eigenvalue weighted by Crippen LogP contribution is 2.21. The third-order valence-electron chi connectivity index (χ3n) is 3.06. The van der Waals surface area contributed by atoms with E-state index in [2.05, 4.69) is 31.3 Å². The second-order valence-corrected chi connectivity index (χ2v) is 5.34. The lowest BCUT2D eigenvalue weighted by Crippen LogP contribution is -2.29. The molecule has 3 heteroatoms. The zero-order valence-corrected chi connectivity index (χ0v) is 11.9. The van der Waals surface area contributed by atoms with Crippen LogP contribution in [0.1, 0.15) is 51.1 Å². The first-order chi connectivity index (χ1) is 9.13. The molecule has 3 nitrogen and oxygen atoms in total. The monoisotopic (exact) mass is 263 g/mol. The van der Waals surface area contributed by atoms with Crippen LogP contribution in [-0.2, 0) is 4.79 Å². The lowest BCUT2D eigenvalue weighted by atomic mass is 9.97. The Labute approximate surface area is 116 Å². The Morgan fingerprint density at radius 1 is 1.21 bits per heavy atom. The molecular formula is C16H25NO2. The van der Waals surface area contributed by atoms with E-state index in [4.69, 9.17) is 5.11 Å². The number of nitrogens with one attached hydrogen (secondary N) is 1. The topological polar surface area (TPSA) is 49.3 Å². The molecule has 1 aromatic carbocycles. The van der Waals surface area contributed by atoms with Crippen LogP contribution in [0.2, 0.25) is 0 Å². The molecule has 1 rings (SSSR count). The molecule has 0 fully saturated rings. The minimum absolute atomic E-state index is 0.0722. The Morgan fingerprint density at radius 3 is 2.47 bits per heavy atom. The molecule has 0 radical (unpaired) electrons. The molecule has 0 aliphatic heterocycles. The summed E-state index contributed by atoms with van der Waals surface area (Å²) in [5, 5.41) is 11.8. The Kier molecular flexibility index (Phi) is 7.19. The summed E-state index contributed by atoms with van der Waals surface area (Å²) in [5.74, 6) is 0.603. The molecule has 106 valence electrons. The van der Waals surface area contributed by atoms with Crippen molar-refractivity contribution in [3.8, 4) is 0 Å². The van der Waals surface area contributed by atoms with Gasteiger partial charge in [-0.1, -0.05) is 44.2 Å². The summed E-state index contributed by atoms with van der Waals surface area (Å²) in [4.78, 5) is 11.9. The van der Waals surface area contributed by atoms with Crippen molar-refractivity contribution in [2.24, 2.45) is 5.92 Å². The van der Waals surface area contributed by atoms with Crippen molar-refractivity contribution in [2.45, 2.75) is 45.6 Å². The van der Waals surface area contributed by atoms with Crippen molar-refractivity contribution in [1.82, 2.24) is 5.32 Å². The van der Waals surface area contributed by atoms with Crippen molar-refractivity contribution < 1.29 is 9.90 Å². The number of unbranched alkanes of at least 4 members (excludes halogenated alkanes) is 1. The molecule has 1 atom stereocenters. The molecule has 0 saturated carbocycles. The first-order valence-corrected chi connectivity index (χ1v) is 7.08. The quantitative estimate of drug-likeness (QED) is 0.708. The fourth-order valence-corrected chi connectivity index (χ4v) is 2.10. The summed E-state index contributed by atoms with van der Waals surface area (Å²) in [6.07, 6.45) is 2.86. The maximum atomic E-state index is 11.9. The number of hydrogen-bond acceptors (Lipinski definition) is 2. The summed E-state index contributed by atoms with van der Waals surface area (Å²) < 4.78 is 0. The molecule has 0 bridgehead atoms. The van der Waals surface area contributed by atoms with Crippen LogP contribution in [0.4, 0.5) is 0 Å². The van der Waals surface area contributed by atoms with Gasteiger partial charge in [-0.25, -0.2) is 0 Å². The van der Waals surface area contributed by atoms with Gasteiger partial charge < -0.3 is 10.4 Å². The highest BCUT2D eigenvalue weighted by Gasteiger charge is 2.15. The van der Waals surface area contributed by atoms with Crippen LogP contribution in [0.5, 0.6) is 0 Å². The number of aliphatic hydroxyl groups excluding tert-OH is 1. The van der Waals surface area contributed by atoms with Gasteiger partial charge in [0.15, 0.2) is 0 Å². The molecule has 2 N–H and O–H groups in total. The van der Waals surface area contributed by atoms with Gasteiger partial charge in [-0.15, -0.1) is 0 Å². The summed E-state index contributed by atoms with van der Waals surface area (Å²) in [7, 11) is 0. The van der Waals surface area contributed by atoms with E-state index in [9.17, 15) is 4.79 Å². The lowest BCUT2D eigenvalue weighted by molar-refractivity contribution is -0.122. The Hall–Kier alpha value is -1.35. The minimum Gasteiger partial charge on any atom is -0.396 e. The van der Waals surface area contributed by atoms with Gasteiger partial charge in [0, 0.05) is 13.0 Å². The number of carbonyl (C=O) groups excluding carboxylic acids is 1. The molecule has 1 amide bonds. The fourth-order valence-electron chi connectivity index (χ4n) is 2.10. The van der Waals surface area contributed by atoms with E-state index in [-0.39, 0.29) is 18.6 Å². The number of aliphatic hydroxyl groups is 1. The van der Waals surface area contributed by atoms with E-state index < -0.39 is 0 Å². The van der Waals surface area contributed by atoms with Gasteiger partial charge in [-0.3, -0.25) is 4.79 Å². The summed E-state index contributed by atoms with van der Waals surface area (Å²) >= 11 is 0. The van der Waals surface area contributed by atoms with Gasteiger partial charge in [0.25, 0.3) is 0 Å². The third-order valence-corrected chi connectivity index (χ3v) is 3.06. The molecule has 1 unspecified atom stereocenters. The molecule has 0 aliphatic rings. The van der Waals surface area contributed by atoms with Gasteiger partial charge in [0.2, 0.25) is 5.91 Å². The Bertz CT molecular complexity index is 362. The minimum atomic E-state index is 0.0722. The van der Waals surface area contributed by atoms with Crippen molar-refractivity contribution in [1.29, 1.82) is 0 Å². The zero-order chi connectivity index (χ0) is 14.1. The molecule has 0 spiro atoms. The van der Waals surface area contributed by atoms with Crippen LogP contribution in [0.3, 0.4) is 0 Å². The van der Waals surface area contributed by atoms with Gasteiger partial charge in [-0.05, 0) is 30.7 Å². The standard InChI is InChI=1S/C16H25NO2/c1-13(2)12-15(14-8-4-3-5-9-14)17-16(19)10-6-7-11-18/h3-5,8-9,13,15,18H,6-7,10-12H2,1-2H3,(H,17,19). The number of carbonyl (C=O) groups is 1. The van der Waals surface area contributed by atoms with Gasteiger partial charge in [-0.2, -0.15) is 0 Å². The first kappa shape index (κ1) is 15.7. The van der Waals surface area contributed by atoms with Crippen LogP contribution in [0.15, 0.2) is 30.3 Å². The van der Waals surface area contributed by atoms with Crippen molar-refractivity contribution >= 4 is 5.91 Å². The van der Waals surface area contributed by atoms with Gasteiger partial charge in [0.05, 0.1) is 6.04 Å². The molecule has 0 aliphatic carbocycles. The van der Waals surface area contributed by atoms with E-state index >= 15 is 0 Å². The highest BCUT2D eigenvalue weighted by atomic mass is 16.2. The maximum Gasteiger partial charge on any atom is 0.220 e. The van der Waals surface area contributed by atoms with Crippen molar-refractivity contribution in [3.05, 3.63) is 35.9 Å². The van der Waals surface area contributed by atoms with Crippen LogP contribution < -0.4 is 5.32 Å². The van der Waals surface area contributed by atoms with E-state index in [1.807, 2.05) is 18.2 Å². The van der Waals surface area contributed by atoms with E-state index in [0.717, 1.165) is 18.4 Å². The predicted molar refractivity (Wildman–Crippen MR) is 77.7 cm³/mol. The molecule has 0 heterocycles. The van der Waals surface area contributed by atoms with Crippen LogP contribution in [-0.4, -0.2) is 17.6 Å². The van der Waals surface area contributed by atoms with E-state index in [0.29, 0.717) is 18.8 Å². The fraction of sp³-hybridized carbons (Fsp3) is 0.562. The van der Waals surface area contributed by atoms with Crippen LogP contribution >= 0.6 is 0 Å². The first-order valence-electron chi connectivity index (χ1n) is 7.08. The maximum absolute atomic E-state index is 11.9.